The minimum atomic E-state index is -0.636. The molecular formula is C21H28N2O5. The summed E-state index contributed by atoms with van der Waals surface area (Å²) < 4.78 is 16.9. The largest absolute Gasteiger partial charge is 0.493 e. The van der Waals surface area contributed by atoms with E-state index in [0.717, 1.165) is 31.2 Å². The number of allylic oxidation sites excluding steroid dienone is 1. The SMILES string of the molecule is CCCCOc1ccccc1[C@H]1NC(=O)NC(C)=C1C(=O)OC[C@@H]1CCCO1. The molecule has 2 aliphatic heterocycles. The number of carbonyl (C=O) groups excluding carboxylic acids is 2. The van der Waals surface area contributed by atoms with E-state index in [1.54, 1.807) is 6.92 Å². The van der Waals surface area contributed by atoms with E-state index in [0.29, 0.717) is 30.2 Å². The van der Waals surface area contributed by atoms with Gasteiger partial charge in [-0.15, -0.1) is 0 Å². The molecule has 0 aliphatic carbocycles. The van der Waals surface area contributed by atoms with Crippen molar-refractivity contribution in [3.63, 3.8) is 0 Å². The standard InChI is InChI=1S/C21H28N2O5/c1-3-4-11-27-17-10-6-5-9-16(17)19-18(14(2)22-21(25)23-19)20(24)28-13-15-8-7-12-26-15/h5-6,9-10,15,19H,3-4,7-8,11-13H2,1-2H3,(H2,22,23,25)/t15-,19+/m0/s1. The highest BCUT2D eigenvalue weighted by Crippen LogP contribution is 2.33. The number of carbonyl (C=O) groups is 2. The van der Waals surface area contributed by atoms with Crippen molar-refractivity contribution < 1.29 is 23.8 Å². The molecule has 1 saturated heterocycles. The average molecular weight is 388 g/mol. The van der Waals surface area contributed by atoms with E-state index in [1.807, 2.05) is 24.3 Å². The molecule has 0 spiro atoms. The van der Waals surface area contributed by atoms with E-state index in [-0.39, 0.29) is 18.7 Å². The van der Waals surface area contributed by atoms with Crippen LogP contribution in [0.15, 0.2) is 35.5 Å². The summed E-state index contributed by atoms with van der Waals surface area (Å²) in [6.45, 7) is 5.29. The zero-order valence-corrected chi connectivity index (χ0v) is 16.5. The van der Waals surface area contributed by atoms with Gasteiger partial charge in [0.05, 0.1) is 24.3 Å². The van der Waals surface area contributed by atoms with Crippen LogP contribution in [0.1, 0.15) is 51.1 Å². The van der Waals surface area contributed by atoms with Gasteiger partial charge >= 0.3 is 12.0 Å². The van der Waals surface area contributed by atoms with Crippen LogP contribution in [-0.2, 0) is 14.3 Å². The lowest BCUT2D eigenvalue weighted by Crippen LogP contribution is -2.45. The summed E-state index contributed by atoms with van der Waals surface area (Å²) in [7, 11) is 0. The third-order valence-corrected chi connectivity index (χ3v) is 4.90. The van der Waals surface area contributed by atoms with Crippen LogP contribution >= 0.6 is 0 Å². The highest BCUT2D eigenvalue weighted by Gasteiger charge is 2.34. The highest BCUT2D eigenvalue weighted by molar-refractivity contribution is 5.95. The Hall–Kier alpha value is -2.54. The molecule has 1 fully saturated rings. The Bertz CT molecular complexity index is 740. The van der Waals surface area contributed by atoms with Gasteiger partial charge < -0.3 is 24.8 Å². The van der Waals surface area contributed by atoms with Crippen LogP contribution in [0.5, 0.6) is 5.75 Å². The Morgan fingerprint density at radius 3 is 2.89 bits per heavy atom. The van der Waals surface area contributed by atoms with Crippen molar-refractivity contribution in [1.29, 1.82) is 0 Å². The van der Waals surface area contributed by atoms with E-state index in [2.05, 4.69) is 17.6 Å². The lowest BCUT2D eigenvalue weighted by molar-refractivity contribution is -0.142. The van der Waals surface area contributed by atoms with Gasteiger partial charge in [-0.05, 0) is 32.3 Å². The Morgan fingerprint density at radius 1 is 1.32 bits per heavy atom. The molecule has 0 unspecified atom stereocenters. The summed E-state index contributed by atoms with van der Waals surface area (Å²) >= 11 is 0. The highest BCUT2D eigenvalue weighted by atomic mass is 16.6. The second-order valence-electron chi connectivity index (χ2n) is 7.04. The number of para-hydroxylation sites is 1. The molecule has 0 bridgehead atoms. The van der Waals surface area contributed by atoms with Crippen molar-refractivity contribution in [2.24, 2.45) is 0 Å². The van der Waals surface area contributed by atoms with Gasteiger partial charge in [-0.1, -0.05) is 31.5 Å². The summed E-state index contributed by atoms with van der Waals surface area (Å²) in [6, 6.07) is 6.45. The monoisotopic (exact) mass is 388 g/mol. The molecule has 2 atom stereocenters. The molecular weight excluding hydrogens is 360 g/mol. The average Bonchev–Trinajstić information content (AvgIpc) is 3.20. The van der Waals surface area contributed by atoms with Crippen molar-refractivity contribution in [1.82, 2.24) is 10.6 Å². The van der Waals surface area contributed by atoms with Crippen LogP contribution < -0.4 is 15.4 Å². The molecule has 1 aromatic carbocycles. The van der Waals surface area contributed by atoms with E-state index >= 15 is 0 Å². The van der Waals surface area contributed by atoms with Crippen LogP contribution in [0.4, 0.5) is 4.79 Å². The van der Waals surface area contributed by atoms with E-state index in [9.17, 15) is 9.59 Å². The van der Waals surface area contributed by atoms with Crippen molar-refractivity contribution in [2.45, 2.75) is 51.7 Å². The number of hydrogen-bond acceptors (Lipinski definition) is 5. The molecule has 0 aromatic heterocycles. The van der Waals surface area contributed by atoms with Crippen molar-refractivity contribution in [3.05, 3.63) is 41.1 Å². The molecule has 2 aliphatic rings. The zero-order valence-electron chi connectivity index (χ0n) is 16.5. The summed E-state index contributed by atoms with van der Waals surface area (Å²) in [4.78, 5) is 25.0. The zero-order chi connectivity index (χ0) is 19.9. The molecule has 3 rings (SSSR count). The maximum atomic E-state index is 12.9. The first-order valence-electron chi connectivity index (χ1n) is 9.89. The first-order chi connectivity index (χ1) is 13.6. The first-order valence-corrected chi connectivity index (χ1v) is 9.89. The molecule has 1 aromatic rings. The number of nitrogens with one attached hydrogen (secondary N) is 2. The van der Waals surface area contributed by atoms with Crippen LogP contribution in [0.2, 0.25) is 0 Å². The molecule has 0 saturated carbocycles. The quantitative estimate of drug-likeness (QED) is 0.528. The molecule has 152 valence electrons. The Balaban J connectivity index is 1.82. The lowest BCUT2D eigenvalue weighted by Gasteiger charge is -2.29. The van der Waals surface area contributed by atoms with Crippen molar-refractivity contribution >= 4 is 12.0 Å². The van der Waals surface area contributed by atoms with Gasteiger partial charge in [0.15, 0.2) is 0 Å². The fourth-order valence-corrected chi connectivity index (χ4v) is 3.40. The van der Waals surface area contributed by atoms with Gasteiger partial charge in [-0.25, -0.2) is 9.59 Å². The second kappa shape index (κ2) is 9.59. The van der Waals surface area contributed by atoms with Crippen LogP contribution in [0.3, 0.4) is 0 Å². The third-order valence-electron chi connectivity index (χ3n) is 4.90. The first kappa shape index (κ1) is 20.2. The number of benzene rings is 1. The van der Waals surface area contributed by atoms with Crippen LogP contribution in [-0.4, -0.2) is 37.9 Å². The summed E-state index contributed by atoms with van der Waals surface area (Å²) in [5.74, 6) is 0.189. The maximum absolute atomic E-state index is 12.9. The maximum Gasteiger partial charge on any atom is 0.338 e. The van der Waals surface area contributed by atoms with Gasteiger partial charge in [0.2, 0.25) is 0 Å². The number of urea groups is 1. The van der Waals surface area contributed by atoms with Crippen molar-refractivity contribution in [2.75, 3.05) is 19.8 Å². The lowest BCUT2D eigenvalue weighted by atomic mass is 9.95. The number of hydrogen-bond donors (Lipinski definition) is 2. The predicted octanol–water partition coefficient (Wildman–Crippen LogP) is 3.22. The molecule has 7 nitrogen and oxygen atoms in total. The normalized spacial score (nSPS) is 21.9. The molecule has 2 heterocycles. The van der Waals surface area contributed by atoms with E-state index < -0.39 is 12.0 Å². The van der Waals surface area contributed by atoms with Gasteiger partial charge in [0, 0.05) is 17.9 Å². The van der Waals surface area contributed by atoms with Gasteiger partial charge in [0.25, 0.3) is 0 Å². The predicted molar refractivity (Wildman–Crippen MR) is 104 cm³/mol. The molecule has 0 radical (unpaired) electrons. The molecule has 28 heavy (non-hydrogen) atoms. The number of esters is 1. The molecule has 2 N–H and O–H groups in total. The van der Waals surface area contributed by atoms with E-state index in [4.69, 9.17) is 14.2 Å². The topological polar surface area (TPSA) is 85.9 Å². The number of unbranched alkanes of at least 4 members (excludes halogenated alkanes) is 1. The summed E-state index contributed by atoms with van der Waals surface area (Å²) in [5, 5.41) is 5.50. The minimum absolute atomic E-state index is 0.0564. The van der Waals surface area contributed by atoms with Gasteiger partial charge in [-0.2, -0.15) is 0 Å². The second-order valence-corrected chi connectivity index (χ2v) is 7.04. The molecule has 7 heteroatoms. The fourth-order valence-electron chi connectivity index (χ4n) is 3.40. The summed E-state index contributed by atoms with van der Waals surface area (Å²) in [5.41, 5.74) is 1.59. The van der Waals surface area contributed by atoms with Gasteiger partial charge in [-0.3, -0.25) is 0 Å². The van der Waals surface area contributed by atoms with Crippen molar-refractivity contribution in [3.8, 4) is 5.75 Å². The number of rotatable bonds is 8. The Morgan fingerprint density at radius 2 is 2.14 bits per heavy atom. The number of ether oxygens (including phenoxy) is 3. The minimum Gasteiger partial charge on any atom is -0.493 e. The number of amides is 2. The smallest absolute Gasteiger partial charge is 0.338 e. The molecule has 2 amide bonds. The van der Waals surface area contributed by atoms with Crippen LogP contribution in [0.25, 0.3) is 0 Å². The Labute approximate surface area is 165 Å². The third kappa shape index (κ3) is 4.84. The Kier molecular flexibility index (Phi) is 6.92. The fraction of sp³-hybridized carbons (Fsp3) is 0.524. The van der Waals surface area contributed by atoms with Crippen LogP contribution in [0, 0.1) is 0 Å². The summed E-state index contributed by atoms with van der Waals surface area (Å²) in [6.07, 6.45) is 3.76. The van der Waals surface area contributed by atoms with E-state index in [1.165, 1.54) is 0 Å². The van der Waals surface area contributed by atoms with Gasteiger partial charge in [0.1, 0.15) is 12.4 Å².